The van der Waals surface area contributed by atoms with Crippen LogP contribution < -0.4 is 24.4 Å². The summed E-state index contributed by atoms with van der Waals surface area (Å²) in [6, 6.07) is 7.89. The summed E-state index contributed by atoms with van der Waals surface area (Å²) in [5, 5.41) is 14.0. The fourth-order valence-electron chi connectivity index (χ4n) is 3.32. The van der Waals surface area contributed by atoms with E-state index in [-0.39, 0.29) is 11.4 Å². The van der Waals surface area contributed by atoms with E-state index in [0.717, 1.165) is 0 Å². The number of anilines is 2. The van der Waals surface area contributed by atoms with Crippen LogP contribution in [0, 0.1) is 10.1 Å². The summed E-state index contributed by atoms with van der Waals surface area (Å²) in [5.41, 5.74) is 0.419. The van der Waals surface area contributed by atoms with E-state index in [9.17, 15) is 19.7 Å². The van der Waals surface area contributed by atoms with E-state index in [1.165, 1.54) is 37.3 Å². The van der Waals surface area contributed by atoms with Crippen molar-refractivity contribution in [3.05, 3.63) is 46.5 Å². The summed E-state index contributed by atoms with van der Waals surface area (Å²) < 4.78 is 16.1. The minimum Gasteiger partial charge on any atom is -0.493 e. The molecule has 0 aromatic heterocycles. The number of fused-ring (bicyclic) bond motifs is 1. The lowest BCUT2D eigenvalue weighted by atomic mass is 10.1. The van der Waals surface area contributed by atoms with Crippen LogP contribution in [0.2, 0.25) is 0 Å². The Balaban J connectivity index is 1.93. The molecule has 2 aromatic carbocycles. The molecule has 0 radical (unpaired) electrons. The van der Waals surface area contributed by atoms with Crippen LogP contribution in [-0.2, 0) is 9.59 Å². The summed E-state index contributed by atoms with van der Waals surface area (Å²) in [4.78, 5) is 37.9. The average molecular weight is 429 g/mol. The molecule has 2 aromatic rings. The van der Waals surface area contributed by atoms with Gasteiger partial charge in [0.2, 0.25) is 5.91 Å². The highest BCUT2D eigenvalue weighted by molar-refractivity contribution is 6.08. The predicted octanol–water partition coefficient (Wildman–Crippen LogP) is 3.14. The topological polar surface area (TPSA) is 120 Å². The third kappa shape index (κ3) is 4.23. The molecule has 10 heteroatoms. The van der Waals surface area contributed by atoms with Crippen LogP contribution in [0.3, 0.4) is 0 Å². The van der Waals surface area contributed by atoms with Crippen molar-refractivity contribution >= 4 is 28.9 Å². The standard InChI is InChI=1S/C21H23N3O7/c1-5-16-21(26)23(15-11-14(24(27)28)7-9-17(15)31-16)12(2)20(25)22-13-6-8-18(29-3)19(10-13)30-4/h6-12,16H,5H2,1-4H3,(H,22,25). The normalized spacial score (nSPS) is 16.1. The van der Waals surface area contributed by atoms with Crippen LogP contribution in [0.4, 0.5) is 17.1 Å². The molecule has 31 heavy (non-hydrogen) atoms. The molecule has 3 rings (SSSR count). The monoisotopic (exact) mass is 429 g/mol. The average Bonchev–Trinajstić information content (AvgIpc) is 2.77. The molecule has 1 heterocycles. The minimum atomic E-state index is -0.959. The van der Waals surface area contributed by atoms with Crippen LogP contribution >= 0.6 is 0 Å². The van der Waals surface area contributed by atoms with Crippen molar-refractivity contribution < 1.29 is 28.7 Å². The van der Waals surface area contributed by atoms with E-state index in [1.807, 2.05) is 0 Å². The Morgan fingerprint density at radius 3 is 2.55 bits per heavy atom. The first kappa shape index (κ1) is 21.9. The van der Waals surface area contributed by atoms with Crippen LogP contribution in [0.1, 0.15) is 20.3 Å². The number of nitro groups is 1. The third-order valence-electron chi connectivity index (χ3n) is 4.98. The predicted molar refractivity (Wildman–Crippen MR) is 113 cm³/mol. The molecule has 0 bridgehead atoms. The second kappa shape index (κ2) is 8.90. The van der Waals surface area contributed by atoms with Gasteiger partial charge in [-0.1, -0.05) is 6.92 Å². The number of rotatable bonds is 7. The van der Waals surface area contributed by atoms with Gasteiger partial charge in [-0.15, -0.1) is 0 Å². The number of carbonyl (C=O) groups excluding carboxylic acids is 2. The quantitative estimate of drug-likeness (QED) is 0.530. The van der Waals surface area contributed by atoms with Crippen molar-refractivity contribution in [3.8, 4) is 17.2 Å². The van der Waals surface area contributed by atoms with Crippen molar-refractivity contribution in [2.75, 3.05) is 24.4 Å². The van der Waals surface area contributed by atoms with Gasteiger partial charge in [0, 0.05) is 23.9 Å². The number of ether oxygens (including phenoxy) is 3. The highest BCUT2D eigenvalue weighted by Gasteiger charge is 2.39. The van der Waals surface area contributed by atoms with Crippen molar-refractivity contribution in [3.63, 3.8) is 0 Å². The molecule has 0 fully saturated rings. The Labute approximate surface area is 178 Å². The maximum absolute atomic E-state index is 13.0. The maximum atomic E-state index is 13.0. The van der Waals surface area contributed by atoms with Crippen LogP contribution in [0.5, 0.6) is 17.2 Å². The zero-order chi connectivity index (χ0) is 22.7. The number of methoxy groups -OCH3 is 2. The van der Waals surface area contributed by atoms with Crippen molar-refractivity contribution in [1.82, 2.24) is 0 Å². The molecule has 0 aliphatic carbocycles. The zero-order valence-corrected chi connectivity index (χ0v) is 17.6. The van der Waals surface area contributed by atoms with Crippen LogP contribution in [0.15, 0.2) is 36.4 Å². The highest BCUT2D eigenvalue weighted by atomic mass is 16.6. The Kier molecular flexibility index (Phi) is 6.28. The molecule has 164 valence electrons. The van der Waals surface area contributed by atoms with Crippen molar-refractivity contribution in [1.29, 1.82) is 0 Å². The number of benzene rings is 2. The lowest BCUT2D eigenvalue weighted by molar-refractivity contribution is -0.384. The number of hydrogen-bond donors (Lipinski definition) is 1. The molecule has 0 saturated heterocycles. The molecule has 10 nitrogen and oxygen atoms in total. The Hall–Kier alpha value is -3.82. The number of hydrogen-bond acceptors (Lipinski definition) is 7. The fraction of sp³-hybridized carbons (Fsp3) is 0.333. The van der Waals surface area contributed by atoms with Gasteiger partial charge in [0.15, 0.2) is 17.6 Å². The second-order valence-corrected chi connectivity index (χ2v) is 6.87. The number of nitro benzene ring substituents is 1. The fourth-order valence-corrected chi connectivity index (χ4v) is 3.32. The molecular weight excluding hydrogens is 406 g/mol. The first-order valence-electron chi connectivity index (χ1n) is 9.61. The molecule has 0 saturated carbocycles. The first-order chi connectivity index (χ1) is 14.8. The van der Waals surface area contributed by atoms with E-state index in [2.05, 4.69) is 5.32 Å². The lowest BCUT2D eigenvalue weighted by Gasteiger charge is -2.36. The van der Waals surface area contributed by atoms with Gasteiger partial charge in [0.25, 0.3) is 11.6 Å². The van der Waals surface area contributed by atoms with Gasteiger partial charge < -0.3 is 19.5 Å². The van der Waals surface area contributed by atoms with Gasteiger partial charge in [0.05, 0.1) is 24.8 Å². The molecule has 2 amide bonds. The minimum absolute atomic E-state index is 0.180. The number of amides is 2. The summed E-state index contributed by atoms with van der Waals surface area (Å²) in [5.74, 6) is 0.328. The number of carbonyl (C=O) groups is 2. The van der Waals surface area contributed by atoms with Gasteiger partial charge >= 0.3 is 0 Å². The van der Waals surface area contributed by atoms with Gasteiger partial charge in [-0.2, -0.15) is 0 Å². The maximum Gasteiger partial charge on any atom is 0.271 e. The Morgan fingerprint density at radius 2 is 1.94 bits per heavy atom. The van der Waals surface area contributed by atoms with E-state index in [0.29, 0.717) is 29.4 Å². The van der Waals surface area contributed by atoms with Gasteiger partial charge in [0.1, 0.15) is 11.8 Å². The molecule has 1 aliphatic rings. The van der Waals surface area contributed by atoms with Crippen LogP contribution in [-0.4, -0.2) is 43.1 Å². The second-order valence-electron chi connectivity index (χ2n) is 6.87. The molecular formula is C21H23N3O7. The Bertz CT molecular complexity index is 1020. The van der Waals surface area contributed by atoms with Gasteiger partial charge in [-0.25, -0.2) is 0 Å². The summed E-state index contributed by atoms with van der Waals surface area (Å²) in [6.07, 6.45) is -0.402. The third-order valence-corrected chi connectivity index (χ3v) is 4.98. The number of non-ortho nitro benzene ring substituents is 1. The molecule has 2 atom stereocenters. The lowest BCUT2D eigenvalue weighted by Crippen LogP contribution is -2.53. The van der Waals surface area contributed by atoms with E-state index < -0.39 is 28.9 Å². The summed E-state index contributed by atoms with van der Waals surface area (Å²) in [6.45, 7) is 3.33. The van der Waals surface area contributed by atoms with E-state index in [4.69, 9.17) is 14.2 Å². The van der Waals surface area contributed by atoms with Gasteiger partial charge in [-0.05, 0) is 31.5 Å². The smallest absolute Gasteiger partial charge is 0.271 e. The van der Waals surface area contributed by atoms with Gasteiger partial charge in [-0.3, -0.25) is 24.6 Å². The molecule has 1 aliphatic heterocycles. The van der Waals surface area contributed by atoms with Crippen molar-refractivity contribution in [2.45, 2.75) is 32.4 Å². The van der Waals surface area contributed by atoms with E-state index >= 15 is 0 Å². The largest absolute Gasteiger partial charge is 0.493 e. The first-order valence-corrected chi connectivity index (χ1v) is 9.61. The summed E-state index contributed by atoms with van der Waals surface area (Å²) >= 11 is 0. The Morgan fingerprint density at radius 1 is 1.23 bits per heavy atom. The van der Waals surface area contributed by atoms with E-state index in [1.54, 1.807) is 32.0 Å². The number of nitrogens with one attached hydrogen (secondary N) is 1. The summed E-state index contributed by atoms with van der Waals surface area (Å²) in [7, 11) is 2.98. The molecule has 2 unspecified atom stereocenters. The zero-order valence-electron chi connectivity index (χ0n) is 17.6. The number of nitrogens with zero attached hydrogens (tertiary/aromatic N) is 2. The van der Waals surface area contributed by atoms with Crippen molar-refractivity contribution in [2.24, 2.45) is 0 Å². The highest BCUT2D eigenvalue weighted by Crippen LogP contribution is 2.39. The van der Waals surface area contributed by atoms with Crippen LogP contribution in [0.25, 0.3) is 0 Å². The molecule has 0 spiro atoms. The molecule has 1 N–H and O–H groups in total. The SMILES string of the molecule is CCC1Oc2ccc([N+](=O)[O-])cc2N(C(C)C(=O)Nc2ccc(OC)c(OC)c2)C1=O.